The van der Waals surface area contributed by atoms with E-state index in [1.54, 1.807) is 15.9 Å². The predicted molar refractivity (Wildman–Crippen MR) is 127 cm³/mol. The van der Waals surface area contributed by atoms with Crippen molar-refractivity contribution in [2.24, 2.45) is 34.7 Å². The summed E-state index contributed by atoms with van der Waals surface area (Å²) in [4.78, 5) is 52.5. The topological polar surface area (TPSA) is 130 Å². The molecule has 1 aromatic heterocycles. The van der Waals surface area contributed by atoms with Gasteiger partial charge in [-0.05, 0) is 53.1 Å². The van der Waals surface area contributed by atoms with E-state index in [0.29, 0.717) is 42.0 Å². The number of anilines is 1. The van der Waals surface area contributed by atoms with Crippen LogP contribution in [0.3, 0.4) is 0 Å². The van der Waals surface area contributed by atoms with Crippen molar-refractivity contribution in [3.63, 3.8) is 0 Å². The van der Waals surface area contributed by atoms with E-state index in [-0.39, 0.29) is 40.8 Å². The van der Waals surface area contributed by atoms with E-state index in [1.165, 1.54) is 12.1 Å². The Bertz CT molecular complexity index is 1330. The second-order valence-corrected chi connectivity index (χ2v) is 10.1. The zero-order valence-electron chi connectivity index (χ0n) is 19.2. The molecule has 10 nitrogen and oxygen atoms in total. The van der Waals surface area contributed by atoms with E-state index in [0.717, 1.165) is 12.3 Å². The lowest BCUT2D eigenvalue weighted by Gasteiger charge is -2.42. The zero-order valence-corrected chi connectivity index (χ0v) is 20.0. The number of fused-ring (bicyclic) bond motifs is 4. The zero-order chi connectivity index (χ0) is 26.6. The van der Waals surface area contributed by atoms with Crippen LogP contribution in [-0.4, -0.2) is 58.5 Å². The number of rotatable bonds is 5. The van der Waals surface area contributed by atoms with E-state index in [9.17, 15) is 32.5 Å². The quantitative estimate of drug-likeness (QED) is 0.342. The molecule has 2 unspecified atom stereocenters. The maximum atomic E-state index is 13.1. The van der Waals surface area contributed by atoms with Gasteiger partial charge in [-0.1, -0.05) is 11.6 Å². The molecule has 1 aromatic carbocycles. The van der Waals surface area contributed by atoms with Crippen LogP contribution in [0.4, 0.5) is 24.5 Å². The van der Waals surface area contributed by atoms with Crippen LogP contribution < -0.4 is 16.8 Å². The minimum Gasteiger partial charge on any atom is -0.338 e. The first-order valence-electron chi connectivity index (χ1n) is 11.5. The second kappa shape index (κ2) is 9.14. The Morgan fingerprint density at radius 1 is 1.00 bits per heavy atom. The summed E-state index contributed by atoms with van der Waals surface area (Å²) in [6, 6.07) is 5.57. The van der Waals surface area contributed by atoms with Crippen molar-refractivity contribution in [2.75, 3.05) is 31.6 Å². The van der Waals surface area contributed by atoms with Gasteiger partial charge in [0, 0.05) is 37.9 Å². The van der Waals surface area contributed by atoms with Crippen LogP contribution >= 0.6 is 11.6 Å². The number of nitrogen functional groups attached to an aromatic ring is 1. The van der Waals surface area contributed by atoms with E-state index in [2.05, 4.69) is 10.6 Å². The first-order chi connectivity index (χ1) is 17.5. The minimum atomic E-state index is -4.64. The number of nitroso groups, excluding NO2 is 1. The first-order valence-corrected chi connectivity index (χ1v) is 11.9. The Morgan fingerprint density at radius 2 is 1.54 bits per heavy atom. The molecule has 0 radical (unpaired) electrons. The van der Waals surface area contributed by atoms with Crippen LogP contribution in [-0.2, 0) is 6.54 Å². The number of amides is 2. The van der Waals surface area contributed by atoms with Gasteiger partial charge < -0.3 is 19.8 Å². The van der Waals surface area contributed by atoms with Crippen molar-refractivity contribution in [3.05, 3.63) is 61.9 Å². The molecule has 3 heterocycles. The Morgan fingerprint density at radius 3 is 2.03 bits per heavy atom. The van der Waals surface area contributed by atoms with Gasteiger partial charge in [-0.15, -0.1) is 4.91 Å². The summed E-state index contributed by atoms with van der Waals surface area (Å²) in [5, 5.41) is 2.45. The summed E-state index contributed by atoms with van der Waals surface area (Å²) in [7, 11) is 0. The van der Waals surface area contributed by atoms with Crippen molar-refractivity contribution in [1.29, 1.82) is 0 Å². The second-order valence-electron chi connectivity index (χ2n) is 9.67. The lowest BCUT2D eigenvalue weighted by atomic mass is 9.60. The average Bonchev–Trinajstić information content (AvgIpc) is 3.43. The van der Waals surface area contributed by atoms with Gasteiger partial charge in [0.15, 0.2) is 0 Å². The number of aromatic nitrogens is 1. The van der Waals surface area contributed by atoms with Gasteiger partial charge in [-0.3, -0.25) is 20.2 Å². The Kier molecular flexibility index (Phi) is 6.23. The molecule has 2 aliphatic heterocycles. The molecule has 2 amide bonds. The summed E-state index contributed by atoms with van der Waals surface area (Å²) in [5.74, 6) is 5.31. The van der Waals surface area contributed by atoms with Gasteiger partial charge in [0.1, 0.15) is 17.3 Å². The maximum Gasteiger partial charge on any atom is 0.406 e. The number of hydrogen-bond donors (Lipinski definition) is 2. The van der Waals surface area contributed by atoms with Crippen LogP contribution in [0.15, 0.2) is 40.4 Å². The first kappa shape index (κ1) is 25.2. The number of carbonyl (C=O) groups is 2. The van der Waals surface area contributed by atoms with Gasteiger partial charge in [0.2, 0.25) is 0 Å². The van der Waals surface area contributed by atoms with Crippen LogP contribution in [0.5, 0.6) is 0 Å². The SMILES string of the molecule is NNc1ccc(C(=O)N2C[C@@H]3C4CN(C(=O)c5cc(Cl)c(=O)n(CC(F)(F)F)c5)CC4[C@@H]3C2)cc1N=O. The number of hydrogen-bond acceptors (Lipinski definition) is 7. The van der Waals surface area contributed by atoms with Crippen molar-refractivity contribution >= 4 is 34.8 Å². The van der Waals surface area contributed by atoms with Crippen molar-refractivity contribution in [1.82, 2.24) is 14.4 Å². The third-order valence-corrected chi connectivity index (χ3v) is 7.91. The van der Waals surface area contributed by atoms with Gasteiger partial charge in [-0.2, -0.15) is 13.2 Å². The standard InChI is InChI=1S/C23H22ClF3N6O4/c24-17-3-12(5-33(22(17)36)10-23(25,26)27)21(35)32-8-15-13-6-31(7-14(13)16(15)9-32)20(34)11-1-2-18(29-28)19(4-11)30-37/h1-5,13-16,29H,6-10,28H2/t13-,14+,15?,16?. The van der Waals surface area contributed by atoms with Gasteiger partial charge in [0.05, 0.1) is 11.3 Å². The molecule has 0 spiro atoms. The number of carbonyl (C=O) groups excluding carboxylic acids is 2. The predicted octanol–water partition coefficient (Wildman–Crippen LogP) is 2.84. The van der Waals surface area contributed by atoms with Crippen LogP contribution in [0.2, 0.25) is 5.02 Å². The highest BCUT2D eigenvalue weighted by atomic mass is 35.5. The monoisotopic (exact) mass is 538 g/mol. The van der Waals surface area contributed by atoms with Crippen molar-refractivity contribution in [2.45, 2.75) is 12.7 Å². The minimum absolute atomic E-state index is 0.0308. The molecule has 196 valence electrons. The lowest BCUT2D eigenvalue weighted by molar-refractivity contribution is -0.141. The van der Waals surface area contributed by atoms with E-state index >= 15 is 0 Å². The molecule has 2 aromatic rings. The van der Waals surface area contributed by atoms with E-state index < -0.39 is 29.2 Å². The van der Waals surface area contributed by atoms with Crippen LogP contribution in [0.25, 0.3) is 0 Å². The molecule has 3 aliphatic rings. The summed E-state index contributed by atoms with van der Waals surface area (Å²) in [6.45, 7) is 0.255. The molecule has 1 aliphatic carbocycles. The third kappa shape index (κ3) is 4.46. The molecule has 37 heavy (non-hydrogen) atoms. The lowest BCUT2D eigenvalue weighted by Crippen LogP contribution is -2.44. The smallest absolute Gasteiger partial charge is 0.338 e. The molecule has 1 saturated carbocycles. The summed E-state index contributed by atoms with van der Waals surface area (Å²) in [6.07, 6.45) is -3.74. The van der Waals surface area contributed by atoms with E-state index in [1.807, 2.05) is 0 Å². The number of nitrogens with one attached hydrogen (secondary N) is 1. The number of alkyl halides is 3. The van der Waals surface area contributed by atoms with Gasteiger partial charge >= 0.3 is 6.18 Å². The number of hydrazine groups is 1. The molecule has 3 fully saturated rings. The van der Waals surface area contributed by atoms with Crippen molar-refractivity contribution in [3.8, 4) is 0 Å². The Hall–Kier alpha value is -3.45. The highest BCUT2D eigenvalue weighted by molar-refractivity contribution is 6.30. The van der Waals surface area contributed by atoms with Crippen LogP contribution in [0.1, 0.15) is 20.7 Å². The molecule has 0 bridgehead atoms. The number of nitrogens with two attached hydrogens (primary N) is 1. The summed E-state index contributed by atoms with van der Waals surface area (Å²) < 4.78 is 38.9. The number of benzene rings is 1. The normalized spacial score (nSPS) is 24.4. The molecule has 14 heteroatoms. The molecular formula is C23H22ClF3N6O4. The Balaban J connectivity index is 1.26. The van der Waals surface area contributed by atoms with Crippen LogP contribution in [0, 0.1) is 28.6 Å². The third-order valence-electron chi connectivity index (χ3n) is 7.64. The molecule has 2 saturated heterocycles. The maximum absolute atomic E-state index is 13.1. The Labute approximate surface area is 213 Å². The highest BCUT2D eigenvalue weighted by Gasteiger charge is 2.59. The van der Waals surface area contributed by atoms with Gasteiger partial charge in [-0.25, -0.2) is 0 Å². The summed E-state index contributed by atoms with van der Waals surface area (Å²) in [5.41, 5.74) is 1.92. The molecule has 3 N–H and O–H groups in total. The number of halogens is 4. The fraction of sp³-hybridized carbons (Fsp3) is 0.435. The highest BCUT2D eigenvalue weighted by Crippen LogP contribution is 2.54. The fourth-order valence-corrected chi connectivity index (χ4v) is 6.19. The average molecular weight is 539 g/mol. The molecular weight excluding hydrogens is 517 g/mol. The molecule has 5 rings (SSSR count). The number of likely N-dealkylation sites (tertiary alicyclic amines) is 2. The fourth-order valence-electron chi connectivity index (χ4n) is 5.96. The number of nitrogens with zero attached hydrogens (tertiary/aromatic N) is 4. The van der Waals surface area contributed by atoms with Gasteiger partial charge in [0.25, 0.3) is 17.4 Å². The van der Waals surface area contributed by atoms with Crippen molar-refractivity contribution < 1.29 is 22.8 Å². The largest absolute Gasteiger partial charge is 0.406 e. The summed E-state index contributed by atoms with van der Waals surface area (Å²) >= 11 is 5.84. The number of pyridine rings is 1. The van der Waals surface area contributed by atoms with E-state index in [4.69, 9.17) is 17.4 Å². The molecule has 4 atom stereocenters.